The second-order valence-corrected chi connectivity index (χ2v) is 11.9. The topological polar surface area (TPSA) is 102 Å². The highest BCUT2D eigenvalue weighted by Gasteiger charge is 2.40. The summed E-state index contributed by atoms with van der Waals surface area (Å²) in [6.07, 6.45) is -0.587. The first-order valence-corrected chi connectivity index (χ1v) is 14.4. The molecule has 41 heavy (non-hydrogen) atoms. The third kappa shape index (κ3) is 7.98. The zero-order chi connectivity index (χ0) is 29.6. The van der Waals surface area contributed by atoms with Crippen LogP contribution in [0.2, 0.25) is 0 Å². The van der Waals surface area contributed by atoms with Gasteiger partial charge in [0, 0.05) is 22.6 Å². The number of benzene rings is 3. The molecule has 0 saturated carbocycles. The highest BCUT2D eigenvalue weighted by molar-refractivity contribution is 7.99. The number of amides is 2. The second-order valence-electron chi connectivity index (χ2n) is 10.8. The quantitative estimate of drug-likeness (QED) is 0.285. The average molecular weight is 575 g/mol. The van der Waals surface area contributed by atoms with Crippen molar-refractivity contribution in [2.75, 3.05) is 17.3 Å². The molecule has 0 bridgehead atoms. The van der Waals surface area contributed by atoms with Crippen molar-refractivity contribution in [3.05, 3.63) is 95.6 Å². The molecule has 9 heteroatoms. The first-order chi connectivity index (χ1) is 19.5. The van der Waals surface area contributed by atoms with E-state index in [1.807, 2.05) is 49.4 Å². The van der Waals surface area contributed by atoms with E-state index < -0.39 is 42.3 Å². The van der Waals surface area contributed by atoms with Crippen LogP contribution in [-0.2, 0) is 25.5 Å². The largest absolute Gasteiger partial charge is 0.456 e. The number of nitrogens with zero attached hydrogens (tertiary/aromatic N) is 1. The first kappa shape index (κ1) is 29.9. The molecule has 1 aliphatic heterocycles. The van der Waals surface area contributed by atoms with Crippen molar-refractivity contribution in [3.8, 4) is 0 Å². The molecule has 0 spiro atoms. The molecule has 3 aromatic carbocycles. The first-order valence-electron chi connectivity index (χ1n) is 13.4. The Hall–Kier alpha value is -4.11. The van der Waals surface area contributed by atoms with E-state index >= 15 is 0 Å². The normalized spacial score (nSPS) is 15.8. The second kappa shape index (κ2) is 13.0. The number of carbonyl (C=O) groups is 4. The number of nitrogens with one attached hydrogen (secondary N) is 1. The van der Waals surface area contributed by atoms with Crippen LogP contribution in [0.3, 0.4) is 0 Å². The van der Waals surface area contributed by atoms with Gasteiger partial charge in [-0.15, -0.1) is 11.8 Å². The standard InChI is InChI=1S/C32H34N2O6S/c1-21-15-16-25-28(17-21)41-20-24(33-31(38)40-32(2,3)4)29(36)34(25)26(18-22-11-7-5-8-12-22)30(37)39-19-27(35)23-13-9-6-10-14-23/h5-17,24,26H,18-20H2,1-4H3,(H,33,38)/t24-,26-/m0/s1. The number of hydrogen-bond acceptors (Lipinski definition) is 7. The van der Waals surface area contributed by atoms with E-state index in [0.29, 0.717) is 11.3 Å². The summed E-state index contributed by atoms with van der Waals surface area (Å²) >= 11 is 1.41. The fourth-order valence-electron chi connectivity index (χ4n) is 4.40. The van der Waals surface area contributed by atoms with Crippen LogP contribution >= 0.6 is 11.8 Å². The Morgan fingerprint density at radius 2 is 1.66 bits per heavy atom. The molecule has 3 aromatic rings. The van der Waals surface area contributed by atoms with Crippen LogP contribution in [0, 0.1) is 6.92 Å². The van der Waals surface area contributed by atoms with Gasteiger partial charge in [0.25, 0.3) is 5.91 Å². The molecule has 8 nitrogen and oxygen atoms in total. The van der Waals surface area contributed by atoms with Gasteiger partial charge in [-0.3, -0.25) is 14.5 Å². The minimum Gasteiger partial charge on any atom is -0.456 e. The van der Waals surface area contributed by atoms with Crippen molar-refractivity contribution in [1.29, 1.82) is 0 Å². The van der Waals surface area contributed by atoms with Crippen molar-refractivity contribution >= 4 is 41.2 Å². The van der Waals surface area contributed by atoms with Crippen LogP contribution in [0.1, 0.15) is 42.3 Å². The maximum atomic E-state index is 14.2. The van der Waals surface area contributed by atoms with Gasteiger partial charge in [0.05, 0.1) is 5.69 Å². The maximum Gasteiger partial charge on any atom is 0.408 e. The van der Waals surface area contributed by atoms with Crippen molar-refractivity contribution in [1.82, 2.24) is 5.32 Å². The summed E-state index contributed by atoms with van der Waals surface area (Å²) in [5.74, 6) is -1.31. The highest BCUT2D eigenvalue weighted by atomic mass is 32.2. The summed E-state index contributed by atoms with van der Waals surface area (Å²) in [6.45, 7) is 6.70. The molecule has 2 atom stereocenters. The van der Waals surface area contributed by atoms with Crippen molar-refractivity contribution in [2.24, 2.45) is 0 Å². The molecular formula is C32H34N2O6S. The van der Waals surface area contributed by atoms with Crippen LogP contribution in [0.15, 0.2) is 83.8 Å². The van der Waals surface area contributed by atoms with Gasteiger partial charge in [-0.2, -0.15) is 0 Å². The van der Waals surface area contributed by atoms with Gasteiger partial charge >= 0.3 is 12.1 Å². The Morgan fingerprint density at radius 3 is 2.32 bits per heavy atom. The number of rotatable bonds is 8. The van der Waals surface area contributed by atoms with Crippen molar-refractivity contribution in [2.45, 2.75) is 56.7 Å². The molecule has 1 heterocycles. The van der Waals surface area contributed by atoms with E-state index in [-0.39, 0.29) is 18.0 Å². The fraction of sp³-hybridized carbons (Fsp3) is 0.312. The van der Waals surface area contributed by atoms with Crippen molar-refractivity contribution in [3.63, 3.8) is 0 Å². The highest BCUT2D eigenvalue weighted by Crippen LogP contribution is 2.37. The SMILES string of the molecule is Cc1ccc2c(c1)SC[C@H](NC(=O)OC(C)(C)C)C(=O)N2[C@@H](Cc1ccccc1)C(=O)OCC(=O)c1ccccc1. The summed E-state index contributed by atoms with van der Waals surface area (Å²) in [7, 11) is 0. The Kier molecular flexibility index (Phi) is 9.50. The number of Topliss-reactive ketones (excluding diaryl/α,β-unsaturated/α-hetero) is 1. The van der Waals surface area contributed by atoms with Gasteiger partial charge in [0.2, 0.25) is 0 Å². The zero-order valence-corrected chi connectivity index (χ0v) is 24.4. The predicted octanol–water partition coefficient (Wildman–Crippen LogP) is 5.36. The van der Waals surface area contributed by atoms with Gasteiger partial charge in [0.15, 0.2) is 12.4 Å². The predicted molar refractivity (Wildman–Crippen MR) is 158 cm³/mol. The lowest BCUT2D eigenvalue weighted by atomic mass is 10.0. The lowest BCUT2D eigenvalue weighted by Gasteiger charge is -2.32. The summed E-state index contributed by atoms with van der Waals surface area (Å²) in [6, 6.07) is 21.4. The maximum absolute atomic E-state index is 14.2. The summed E-state index contributed by atoms with van der Waals surface area (Å²) < 4.78 is 11.0. The molecular weight excluding hydrogens is 540 g/mol. The molecule has 0 aliphatic carbocycles. The van der Waals surface area contributed by atoms with Crippen LogP contribution in [-0.4, -0.2) is 53.8 Å². The molecule has 0 radical (unpaired) electrons. The zero-order valence-electron chi connectivity index (χ0n) is 23.6. The molecule has 1 aliphatic rings. The third-order valence-electron chi connectivity index (χ3n) is 6.30. The Balaban J connectivity index is 1.69. The van der Waals surface area contributed by atoms with Crippen LogP contribution < -0.4 is 10.2 Å². The van der Waals surface area contributed by atoms with E-state index in [1.54, 1.807) is 57.2 Å². The number of ether oxygens (including phenoxy) is 2. The Labute approximate surface area is 244 Å². The monoisotopic (exact) mass is 574 g/mol. The minimum absolute atomic E-state index is 0.141. The lowest BCUT2D eigenvalue weighted by molar-refractivity contribution is -0.145. The van der Waals surface area contributed by atoms with E-state index in [0.717, 1.165) is 16.0 Å². The molecule has 4 rings (SSSR count). The molecule has 0 aromatic heterocycles. The molecule has 0 saturated heterocycles. The number of anilines is 1. The van der Waals surface area contributed by atoms with Gasteiger partial charge in [-0.25, -0.2) is 9.59 Å². The molecule has 2 amide bonds. The minimum atomic E-state index is -1.10. The van der Waals surface area contributed by atoms with Gasteiger partial charge in [0.1, 0.15) is 17.7 Å². The average Bonchev–Trinajstić information content (AvgIpc) is 3.06. The van der Waals surface area contributed by atoms with E-state index in [1.165, 1.54) is 16.7 Å². The number of esters is 1. The fourth-order valence-corrected chi connectivity index (χ4v) is 5.55. The third-order valence-corrected chi connectivity index (χ3v) is 7.44. The molecule has 1 N–H and O–H groups in total. The van der Waals surface area contributed by atoms with Gasteiger partial charge in [-0.1, -0.05) is 66.7 Å². The summed E-state index contributed by atoms with van der Waals surface area (Å²) in [5.41, 5.74) is 1.99. The van der Waals surface area contributed by atoms with E-state index in [9.17, 15) is 19.2 Å². The molecule has 214 valence electrons. The smallest absolute Gasteiger partial charge is 0.408 e. The summed E-state index contributed by atoms with van der Waals surface area (Å²) in [4.78, 5) is 55.5. The van der Waals surface area contributed by atoms with Crippen molar-refractivity contribution < 1.29 is 28.7 Å². The number of fused-ring (bicyclic) bond motifs is 1. The number of hydrogen-bond donors (Lipinski definition) is 1. The number of carbonyl (C=O) groups excluding carboxylic acids is 4. The lowest BCUT2D eigenvalue weighted by Crippen LogP contribution is -2.56. The number of alkyl carbamates (subject to hydrolysis) is 1. The number of ketones is 1. The Bertz CT molecular complexity index is 1400. The summed E-state index contributed by atoms with van der Waals surface area (Å²) in [5, 5.41) is 2.69. The van der Waals surface area contributed by atoms with Crippen LogP contribution in [0.5, 0.6) is 0 Å². The number of thioether (sulfide) groups is 1. The van der Waals surface area contributed by atoms with Gasteiger partial charge < -0.3 is 14.8 Å². The van der Waals surface area contributed by atoms with Crippen LogP contribution in [0.4, 0.5) is 10.5 Å². The van der Waals surface area contributed by atoms with Gasteiger partial charge in [-0.05, 0) is 51.0 Å². The number of aryl methyl sites for hydroxylation is 1. The Morgan fingerprint density at radius 1 is 1.00 bits per heavy atom. The van der Waals surface area contributed by atoms with Crippen LogP contribution in [0.25, 0.3) is 0 Å². The van der Waals surface area contributed by atoms with E-state index in [2.05, 4.69) is 5.32 Å². The van der Waals surface area contributed by atoms with E-state index in [4.69, 9.17) is 9.47 Å². The molecule has 0 fully saturated rings. The molecule has 0 unspecified atom stereocenters.